The van der Waals surface area contributed by atoms with Crippen LogP contribution in [0.15, 0.2) is 30.3 Å². The van der Waals surface area contributed by atoms with E-state index in [1.807, 2.05) is 30.0 Å². The van der Waals surface area contributed by atoms with Crippen LogP contribution in [0.4, 0.5) is 0 Å². The molecule has 2 rings (SSSR count). The molecular formula is C20H31N3O2. The van der Waals surface area contributed by atoms with Crippen LogP contribution < -0.4 is 5.32 Å². The Hall–Kier alpha value is -1.88. The minimum absolute atomic E-state index is 0.0507. The van der Waals surface area contributed by atoms with E-state index in [9.17, 15) is 9.59 Å². The van der Waals surface area contributed by atoms with Crippen LogP contribution in [-0.2, 0) is 4.79 Å². The minimum Gasteiger partial charge on any atom is -0.340 e. The predicted molar refractivity (Wildman–Crippen MR) is 100 cm³/mol. The maximum absolute atomic E-state index is 13.0. The summed E-state index contributed by atoms with van der Waals surface area (Å²) in [5.41, 5.74) is 0.594. The van der Waals surface area contributed by atoms with Gasteiger partial charge in [-0.15, -0.1) is 0 Å². The largest absolute Gasteiger partial charge is 0.340 e. The molecule has 25 heavy (non-hydrogen) atoms. The summed E-state index contributed by atoms with van der Waals surface area (Å²) >= 11 is 0. The number of carbonyl (C=O) groups excluding carboxylic acids is 2. The van der Waals surface area contributed by atoms with Gasteiger partial charge in [0.1, 0.15) is 6.04 Å². The van der Waals surface area contributed by atoms with Gasteiger partial charge in [0, 0.05) is 31.7 Å². The highest BCUT2D eigenvalue weighted by atomic mass is 16.2. The van der Waals surface area contributed by atoms with Crippen LogP contribution >= 0.6 is 0 Å². The highest BCUT2D eigenvalue weighted by Crippen LogP contribution is 2.14. The molecule has 0 spiro atoms. The predicted octanol–water partition coefficient (Wildman–Crippen LogP) is 2.39. The Bertz CT molecular complexity index is 553. The summed E-state index contributed by atoms with van der Waals surface area (Å²) in [7, 11) is 0. The van der Waals surface area contributed by atoms with Crippen LogP contribution in [0.25, 0.3) is 0 Å². The lowest BCUT2D eigenvalue weighted by atomic mass is 9.97. The van der Waals surface area contributed by atoms with Crippen LogP contribution in [0.1, 0.15) is 44.0 Å². The first-order valence-corrected chi connectivity index (χ1v) is 9.43. The third-order valence-electron chi connectivity index (χ3n) is 5.03. The van der Waals surface area contributed by atoms with Crippen molar-refractivity contribution in [3.8, 4) is 0 Å². The van der Waals surface area contributed by atoms with Gasteiger partial charge in [-0.05, 0) is 31.0 Å². The maximum Gasteiger partial charge on any atom is 0.251 e. The molecule has 0 saturated carbocycles. The van der Waals surface area contributed by atoms with Crippen molar-refractivity contribution in [3.05, 3.63) is 35.9 Å². The van der Waals surface area contributed by atoms with Crippen molar-refractivity contribution < 1.29 is 9.59 Å². The van der Waals surface area contributed by atoms with Gasteiger partial charge in [0.2, 0.25) is 5.91 Å². The van der Waals surface area contributed by atoms with Crippen molar-refractivity contribution in [1.29, 1.82) is 0 Å². The summed E-state index contributed by atoms with van der Waals surface area (Å²) in [6.07, 6.45) is 1.98. The van der Waals surface area contributed by atoms with Crippen molar-refractivity contribution in [2.24, 2.45) is 5.92 Å². The molecule has 2 atom stereocenters. The summed E-state index contributed by atoms with van der Waals surface area (Å²) < 4.78 is 0. The van der Waals surface area contributed by atoms with E-state index in [4.69, 9.17) is 0 Å². The number of hydrogen-bond acceptors (Lipinski definition) is 3. The fourth-order valence-corrected chi connectivity index (χ4v) is 3.20. The molecule has 1 saturated heterocycles. The van der Waals surface area contributed by atoms with Gasteiger partial charge in [0.05, 0.1) is 0 Å². The molecular weight excluding hydrogens is 314 g/mol. The summed E-state index contributed by atoms with van der Waals surface area (Å²) in [5.74, 6) is -0.0208. The Labute approximate surface area is 151 Å². The highest BCUT2D eigenvalue weighted by Gasteiger charge is 2.31. The van der Waals surface area contributed by atoms with E-state index in [1.165, 1.54) is 0 Å². The molecule has 5 nitrogen and oxygen atoms in total. The van der Waals surface area contributed by atoms with Gasteiger partial charge in [-0.25, -0.2) is 0 Å². The number of carbonyl (C=O) groups is 2. The topological polar surface area (TPSA) is 52.6 Å². The summed E-state index contributed by atoms with van der Waals surface area (Å²) in [5, 5.41) is 2.97. The van der Waals surface area contributed by atoms with E-state index in [0.29, 0.717) is 5.56 Å². The number of benzene rings is 1. The number of piperazine rings is 1. The Morgan fingerprint density at radius 1 is 1.08 bits per heavy atom. The Morgan fingerprint density at radius 3 is 2.28 bits per heavy atom. The van der Waals surface area contributed by atoms with Crippen LogP contribution in [-0.4, -0.2) is 60.4 Å². The minimum atomic E-state index is -0.463. The molecule has 1 aliphatic rings. The van der Waals surface area contributed by atoms with Crippen molar-refractivity contribution in [2.45, 2.75) is 39.7 Å². The zero-order valence-corrected chi connectivity index (χ0v) is 15.7. The fraction of sp³-hybridized carbons (Fsp3) is 0.600. The molecule has 0 aliphatic carbocycles. The second kappa shape index (κ2) is 9.56. The zero-order chi connectivity index (χ0) is 18.2. The highest BCUT2D eigenvalue weighted by molar-refractivity contribution is 5.97. The van der Waals surface area contributed by atoms with E-state index < -0.39 is 6.04 Å². The first kappa shape index (κ1) is 19.4. The van der Waals surface area contributed by atoms with Crippen molar-refractivity contribution in [1.82, 2.24) is 15.1 Å². The van der Waals surface area contributed by atoms with Gasteiger partial charge in [0.15, 0.2) is 0 Å². The second-order valence-electron chi connectivity index (χ2n) is 6.87. The van der Waals surface area contributed by atoms with E-state index >= 15 is 0 Å². The molecule has 0 aromatic heterocycles. The van der Waals surface area contributed by atoms with Crippen LogP contribution in [0.5, 0.6) is 0 Å². The van der Waals surface area contributed by atoms with E-state index in [0.717, 1.165) is 45.6 Å². The molecule has 1 heterocycles. The zero-order valence-electron chi connectivity index (χ0n) is 15.7. The first-order chi connectivity index (χ1) is 12.1. The molecule has 138 valence electrons. The molecule has 1 aliphatic heterocycles. The molecule has 1 fully saturated rings. The van der Waals surface area contributed by atoms with E-state index in [-0.39, 0.29) is 17.7 Å². The lowest BCUT2D eigenvalue weighted by Crippen LogP contribution is -2.56. The third kappa shape index (κ3) is 5.30. The van der Waals surface area contributed by atoms with Gasteiger partial charge in [-0.3, -0.25) is 14.5 Å². The number of hydrogen-bond donors (Lipinski definition) is 1. The van der Waals surface area contributed by atoms with Gasteiger partial charge < -0.3 is 10.2 Å². The molecule has 0 bridgehead atoms. The monoisotopic (exact) mass is 345 g/mol. The normalized spacial score (nSPS) is 17.8. The van der Waals surface area contributed by atoms with E-state index in [1.54, 1.807) is 12.1 Å². The lowest BCUT2D eigenvalue weighted by molar-refractivity contribution is -0.136. The Balaban J connectivity index is 2.02. The van der Waals surface area contributed by atoms with Crippen LogP contribution in [0.3, 0.4) is 0 Å². The summed E-state index contributed by atoms with van der Waals surface area (Å²) in [4.78, 5) is 29.8. The number of nitrogens with one attached hydrogen (secondary N) is 1. The quantitative estimate of drug-likeness (QED) is 0.825. The Kier molecular flexibility index (Phi) is 7.44. The second-order valence-corrected chi connectivity index (χ2v) is 6.87. The summed E-state index contributed by atoms with van der Waals surface area (Å²) in [6.45, 7) is 10.7. The molecule has 5 heteroatoms. The average molecular weight is 345 g/mol. The first-order valence-electron chi connectivity index (χ1n) is 9.43. The molecule has 1 aromatic rings. The van der Waals surface area contributed by atoms with Gasteiger partial charge in [-0.2, -0.15) is 0 Å². The van der Waals surface area contributed by atoms with Gasteiger partial charge >= 0.3 is 0 Å². The number of rotatable bonds is 7. The van der Waals surface area contributed by atoms with Gasteiger partial charge in [-0.1, -0.05) is 45.4 Å². The summed E-state index contributed by atoms with van der Waals surface area (Å²) in [6, 6.07) is 8.64. The molecule has 1 N–H and O–H groups in total. The van der Waals surface area contributed by atoms with Crippen LogP contribution in [0, 0.1) is 5.92 Å². The smallest absolute Gasteiger partial charge is 0.251 e. The number of nitrogens with zero attached hydrogens (tertiary/aromatic N) is 2. The molecule has 0 unspecified atom stereocenters. The molecule has 2 amide bonds. The molecule has 0 radical (unpaired) electrons. The van der Waals surface area contributed by atoms with Gasteiger partial charge in [0.25, 0.3) is 5.91 Å². The van der Waals surface area contributed by atoms with E-state index in [2.05, 4.69) is 24.1 Å². The maximum atomic E-state index is 13.0. The average Bonchev–Trinajstić information content (AvgIpc) is 2.66. The molecule has 1 aromatic carbocycles. The third-order valence-corrected chi connectivity index (χ3v) is 5.03. The van der Waals surface area contributed by atoms with Crippen molar-refractivity contribution in [2.75, 3.05) is 32.7 Å². The van der Waals surface area contributed by atoms with Crippen LogP contribution in [0.2, 0.25) is 0 Å². The Morgan fingerprint density at radius 2 is 1.72 bits per heavy atom. The lowest BCUT2D eigenvalue weighted by Gasteiger charge is -2.37. The SMILES string of the molecule is CCCN1CCN(C(=O)[C@H](NC(=O)c2ccccc2)[C@H](C)CC)CC1. The number of amides is 2. The van der Waals surface area contributed by atoms with Crippen molar-refractivity contribution >= 4 is 11.8 Å². The fourth-order valence-electron chi connectivity index (χ4n) is 3.20. The standard InChI is InChI=1S/C20H31N3O2/c1-4-11-22-12-14-23(15-13-22)20(25)18(16(3)5-2)21-19(24)17-9-7-6-8-10-17/h6-10,16,18H,4-5,11-15H2,1-3H3,(H,21,24)/t16-,18-/m1/s1. The van der Waals surface area contributed by atoms with Crippen molar-refractivity contribution in [3.63, 3.8) is 0 Å².